The molecule has 1 heterocycles. The van der Waals surface area contributed by atoms with Gasteiger partial charge in [0.05, 0.1) is 10.8 Å². The van der Waals surface area contributed by atoms with Gasteiger partial charge in [0.1, 0.15) is 0 Å². The Balaban J connectivity index is 1.71. The van der Waals surface area contributed by atoms with Crippen LogP contribution in [0.15, 0.2) is 53.6 Å². The van der Waals surface area contributed by atoms with Crippen LogP contribution in [0.3, 0.4) is 0 Å². The third kappa shape index (κ3) is 2.87. The molecule has 4 nitrogen and oxygen atoms in total. The molecule has 0 saturated carbocycles. The van der Waals surface area contributed by atoms with Gasteiger partial charge in [0.25, 0.3) is 0 Å². The molecular formula is C16H13NO3S. The quantitative estimate of drug-likeness (QED) is 0.391. The van der Waals surface area contributed by atoms with E-state index >= 15 is 0 Å². The molecule has 0 aliphatic rings. The van der Waals surface area contributed by atoms with Crippen LogP contribution in [0.5, 0.6) is 11.5 Å². The van der Waals surface area contributed by atoms with Gasteiger partial charge in [-0.3, -0.25) is 4.79 Å². The van der Waals surface area contributed by atoms with E-state index in [0.29, 0.717) is 5.56 Å². The van der Waals surface area contributed by atoms with Gasteiger partial charge in [-0.2, -0.15) is 0 Å². The largest absolute Gasteiger partial charge is 0.504 e. The van der Waals surface area contributed by atoms with Crippen LogP contribution in [-0.2, 0) is 0 Å². The number of H-pyrrole nitrogens is 1. The number of carbonyl (C=O) groups excluding carboxylic acids is 1. The highest BCUT2D eigenvalue weighted by Gasteiger charge is 2.10. The highest BCUT2D eigenvalue weighted by Crippen LogP contribution is 2.27. The van der Waals surface area contributed by atoms with E-state index in [4.69, 9.17) is 0 Å². The van der Waals surface area contributed by atoms with Crippen molar-refractivity contribution in [2.24, 2.45) is 0 Å². The second-order valence-electron chi connectivity index (χ2n) is 4.64. The van der Waals surface area contributed by atoms with Crippen molar-refractivity contribution in [3.05, 3.63) is 54.1 Å². The first-order valence-corrected chi connectivity index (χ1v) is 7.38. The maximum absolute atomic E-state index is 12.1. The Labute approximate surface area is 125 Å². The summed E-state index contributed by atoms with van der Waals surface area (Å²) in [7, 11) is 0. The maximum Gasteiger partial charge on any atom is 0.173 e. The molecule has 0 fully saturated rings. The number of para-hydroxylation sites is 1. The first-order chi connectivity index (χ1) is 10.1. The number of aromatic nitrogens is 1. The molecule has 1 aromatic heterocycles. The van der Waals surface area contributed by atoms with Gasteiger partial charge < -0.3 is 15.2 Å². The lowest BCUT2D eigenvalue weighted by molar-refractivity contribution is 0.102. The highest BCUT2D eigenvalue weighted by molar-refractivity contribution is 7.99. The lowest BCUT2D eigenvalue weighted by atomic mass is 10.1. The predicted octanol–water partition coefficient (Wildman–Crippen LogP) is 3.55. The number of ketones is 1. The van der Waals surface area contributed by atoms with Crippen molar-refractivity contribution in [2.45, 2.75) is 5.03 Å². The zero-order valence-electron chi connectivity index (χ0n) is 11.0. The van der Waals surface area contributed by atoms with Crippen LogP contribution in [0, 0.1) is 0 Å². The molecule has 106 valence electrons. The maximum atomic E-state index is 12.1. The Morgan fingerprint density at radius 3 is 2.62 bits per heavy atom. The van der Waals surface area contributed by atoms with Crippen LogP contribution in [0.4, 0.5) is 0 Å². The van der Waals surface area contributed by atoms with Crippen molar-refractivity contribution >= 4 is 28.4 Å². The van der Waals surface area contributed by atoms with E-state index in [1.54, 1.807) is 0 Å². The molecule has 0 saturated heterocycles. The number of phenolic OH excluding ortho intramolecular Hbond substituents is 2. The molecule has 0 aliphatic carbocycles. The Bertz CT molecular complexity index is 777. The zero-order chi connectivity index (χ0) is 14.8. The Kier molecular flexibility index (Phi) is 3.58. The number of nitrogens with one attached hydrogen (secondary N) is 1. The molecule has 3 rings (SSSR count). The predicted molar refractivity (Wildman–Crippen MR) is 83.1 cm³/mol. The number of rotatable bonds is 4. The van der Waals surface area contributed by atoms with Crippen molar-refractivity contribution in [3.63, 3.8) is 0 Å². The summed E-state index contributed by atoms with van der Waals surface area (Å²) in [5, 5.41) is 20.7. The minimum atomic E-state index is -0.281. The van der Waals surface area contributed by atoms with Gasteiger partial charge >= 0.3 is 0 Å². The number of hydrogen-bond donors (Lipinski definition) is 3. The summed E-state index contributed by atoms with van der Waals surface area (Å²) < 4.78 is 0. The molecule has 3 N–H and O–H groups in total. The minimum Gasteiger partial charge on any atom is -0.504 e. The smallest absolute Gasteiger partial charge is 0.173 e. The van der Waals surface area contributed by atoms with Crippen LogP contribution < -0.4 is 0 Å². The Morgan fingerprint density at radius 2 is 1.86 bits per heavy atom. The molecule has 0 bridgehead atoms. The third-order valence-electron chi connectivity index (χ3n) is 3.16. The molecule has 0 spiro atoms. The summed E-state index contributed by atoms with van der Waals surface area (Å²) in [5.41, 5.74) is 1.42. The van der Waals surface area contributed by atoms with E-state index in [1.807, 2.05) is 30.3 Å². The standard InChI is InChI=1S/C16H13NO3S/c18-13-6-5-11(7-14(13)19)15(20)9-21-16-8-10-3-1-2-4-12(10)17-16/h1-8,17-19H,9H2. The van der Waals surface area contributed by atoms with Crippen molar-refractivity contribution in [1.82, 2.24) is 4.98 Å². The lowest BCUT2D eigenvalue weighted by Gasteiger charge is -2.02. The lowest BCUT2D eigenvalue weighted by Crippen LogP contribution is -2.01. The van der Waals surface area contributed by atoms with Crippen LogP contribution in [-0.4, -0.2) is 26.7 Å². The van der Waals surface area contributed by atoms with Gasteiger partial charge in [-0.15, -0.1) is 11.8 Å². The van der Waals surface area contributed by atoms with E-state index < -0.39 is 0 Å². The molecule has 21 heavy (non-hydrogen) atoms. The Hall–Kier alpha value is -2.40. The van der Waals surface area contributed by atoms with E-state index in [1.165, 1.54) is 30.0 Å². The van der Waals surface area contributed by atoms with Crippen LogP contribution >= 0.6 is 11.8 Å². The molecular weight excluding hydrogens is 286 g/mol. The molecule has 0 unspecified atom stereocenters. The van der Waals surface area contributed by atoms with Gasteiger partial charge in [-0.05, 0) is 30.3 Å². The minimum absolute atomic E-state index is 0.103. The monoisotopic (exact) mass is 299 g/mol. The number of Topliss-reactive ketones (excluding diaryl/α,β-unsaturated/α-hetero) is 1. The molecule has 3 aromatic rings. The van der Waals surface area contributed by atoms with Crippen molar-refractivity contribution in [1.29, 1.82) is 0 Å². The van der Waals surface area contributed by atoms with Crippen molar-refractivity contribution in [2.75, 3.05) is 5.75 Å². The molecule has 0 radical (unpaired) electrons. The van der Waals surface area contributed by atoms with Gasteiger partial charge in [0.2, 0.25) is 0 Å². The normalized spacial score (nSPS) is 10.9. The van der Waals surface area contributed by atoms with Gasteiger partial charge in [0, 0.05) is 16.5 Å². The number of aromatic hydroxyl groups is 2. The summed E-state index contributed by atoms with van der Waals surface area (Å²) in [6.07, 6.45) is 0. The fraction of sp³-hybridized carbons (Fsp3) is 0.0625. The topological polar surface area (TPSA) is 73.3 Å². The number of aromatic amines is 1. The van der Waals surface area contributed by atoms with Crippen LogP contribution in [0.25, 0.3) is 10.9 Å². The van der Waals surface area contributed by atoms with E-state index in [9.17, 15) is 15.0 Å². The SMILES string of the molecule is O=C(CSc1cc2ccccc2[nH]1)c1ccc(O)c(O)c1. The number of phenols is 2. The summed E-state index contributed by atoms with van der Waals surface area (Å²) >= 11 is 1.41. The molecule has 2 aromatic carbocycles. The number of hydrogen-bond acceptors (Lipinski definition) is 4. The summed E-state index contributed by atoms with van der Waals surface area (Å²) in [4.78, 5) is 15.3. The summed E-state index contributed by atoms with van der Waals surface area (Å²) in [5.74, 6) is -0.350. The summed E-state index contributed by atoms with van der Waals surface area (Å²) in [6.45, 7) is 0. The van der Waals surface area contributed by atoms with Crippen LogP contribution in [0.1, 0.15) is 10.4 Å². The van der Waals surface area contributed by atoms with Crippen molar-refractivity contribution in [3.8, 4) is 11.5 Å². The highest BCUT2D eigenvalue weighted by atomic mass is 32.2. The number of thioether (sulfide) groups is 1. The average Bonchev–Trinajstić information content (AvgIpc) is 2.90. The first-order valence-electron chi connectivity index (χ1n) is 6.39. The second-order valence-corrected chi connectivity index (χ2v) is 5.65. The number of benzene rings is 2. The van der Waals surface area contributed by atoms with Gasteiger partial charge in [-0.25, -0.2) is 0 Å². The van der Waals surface area contributed by atoms with E-state index in [2.05, 4.69) is 4.98 Å². The fourth-order valence-electron chi connectivity index (χ4n) is 2.05. The molecule has 5 heteroatoms. The molecule has 0 aliphatic heterocycles. The van der Waals surface area contributed by atoms with E-state index in [-0.39, 0.29) is 23.0 Å². The summed E-state index contributed by atoms with van der Waals surface area (Å²) in [6, 6.07) is 14.0. The van der Waals surface area contributed by atoms with Gasteiger partial charge in [0.15, 0.2) is 17.3 Å². The van der Waals surface area contributed by atoms with Gasteiger partial charge in [-0.1, -0.05) is 18.2 Å². The molecule has 0 atom stereocenters. The Morgan fingerprint density at radius 1 is 1.05 bits per heavy atom. The number of fused-ring (bicyclic) bond motifs is 1. The fourth-order valence-corrected chi connectivity index (χ4v) is 2.89. The van der Waals surface area contributed by atoms with Crippen LogP contribution in [0.2, 0.25) is 0 Å². The zero-order valence-corrected chi connectivity index (χ0v) is 11.9. The average molecular weight is 299 g/mol. The van der Waals surface area contributed by atoms with E-state index in [0.717, 1.165) is 15.9 Å². The second kappa shape index (κ2) is 5.54. The van der Waals surface area contributed by atoms with Crippen molar-refractivity contribution < 1.29 is 15.0 Å². The molecule has 0 amide bonds. The first kappa shape index (κ1) is 13.6. The third-order valence-corrected chi connectivity index (χ3v) is 4.10. The number of carbonyl (C=O) groups is 1.